The SMILES string of the molecule is CC[C@H](C)NC(=O)[C@H](C)N(Cc1ccc(Cl)c(Cl)c1)C(=O)CN(c1ccc(I)cc1)S(C)(=O)=O. The normalized spacial score (nSPS) is 13.1. The van der Waals surface area contributed by atoms with Crippen molar-refractivity contribution in [2.24, 2.45) is 0 Å². The lowest BCUT2D eigenvalue weighted by Crippen LogP contribution is -2.52. The largest absolute Gasteiger partial charge is 0.352 e. The fraction of sp³-hybridized carbons (Fsp3) is 0.391. The number of halogens is 3. The van der Waals surface area contributed by atoms with Gasteiger partial charge in [-0.1, -0.05) is 36.2 Å². The zero-order valence-corrected chi connectivity index (χ0v) is 23.9. The van der Waals surface area contributed by atoms with Crippen LogP contribution in [-0.4, -0.2) is 50.0 Å². The molecule has 0 heterocycles. The van der Waals surface area contributed by atoms with E-state index in [1.165, 1.54) is 4.90 Å². The van der Waals surface area contributed by atoms with Crippen LogP contribution in [0.1, 0.15) is 32.8 Å². The summed E-state index contributed by atoms with van der Waals surface area (Å²) in [4.78, 5) is 27.7. The van der Waals surface area contributed by atoms with Gasteiger partial charge in [0.1, 0.15) is 12.6 Å². The zero-order chi connectivity index (χ0) is 25.6. The molecule has 0 aromatic heterocycles. The maximum absolute atomic E-state index is 13.5. The van der Waals surface area contributed by atoms with Gasteiger partial charge in [0, 0.05) is 16.2 Å². The van der Waals surface area contributed by atoms with E-state index >= 15 is 0 Å². The second kappa shape index (κ2) is 12.4. The maximum Gasteiger partial charge on any atom is 0.244 e. The van der Waals surface area contributed by atoms with Crippen molar-refractivity contribution in [3.8, 4) is 0 Å². The fourth-order valence-corrected chi connectivity index (χ4v) is 4.63. The summed E-state index contributed by atoms with van der Waals surface area (Å²) in [6.45, 7) is 5.02. The lowest BCUT2D eigenvalue weighted by molar-refractivity contribution is -0.139. The number of carbonyl (C=O) groups is 2. The lowest BCUT2D eigenvalue weighted by atomic mass is 10.1. The molecular formula is C23H28Cl2IN3O4S. The van der Waals surface area contributed by atoms with E-state index in [-0.39, 0.29) is 18.5 Å². The minimum absolute atomic E-state index is 0.0507. The summed E-state index contributed by atoms with van der Waals surface area (Å²) in [7, 11) is -3.77. The van der Waals surface area contributed by atoms with E-state index in [1.54, 1.807) is 49.4 Å². The van der Waals surface area contributed by atoms with E-state index in [0.29, 0.717) is 21.3 Å². The van der Waals surface area contributed by atoms with Crippen LogP contribution in [0.4, 0.5) is 5.69 Å². The third kappa shape index (κ3) is 8.00. The molecule has 0 aliphatic heterocycles. The molecule has 0 aliphatic rings. The van der Waals surface area contributed by atoms with Crippen LogP contribution >= 0.6 is 45.8 Å². The van der Waals surface area contributed by atoms with Crippen molar-refractivity contribution in [1.29, 1.82) is 0 Å². The van der Waals surface area contributed by atoms with Gasteiger partial charge in [0.2, 0.25) is 21.8 Å². The van der Waals surface area contributed by atoms with Crippen molar-refractivity contribution in [3.63, 3.8) is 0 Å². The number of benzene rings is 2. The van der Waals surface area contributed by atoms with Crippen molar-refractivity contribution in [1.82, 2.24) is 10.2 Å². The van der Waals surface area contributed by atoms with Crippen molar-refractivity contribution in [2.45, 2.75) is 45.8 Å². The Morgan fingerprint density at radius 3 is 2.21 bits per heavy atom. The van der Waals surface area contributed by atoms with E-state index in [1.807, 2.05) is 13.8 Å². The standard InChI is InChI=1S/C23H28Cl2IN3O4S/c1-5-15(2)27-23(31)16(3)28(13-17-6-11-20(24)21(25)12-17)22(30)14-29(34(4,32)33)19-9-7-18(26)8-10-19/h6-12,15-16H,5,13-14H2,1-4H3,(H,27,31)/t15-,16-/m0/s1. The molecule has 0 spiro atoms. The molecule has 2 rings (SSSR count). The van der Waals surface area contributed by atoms with Crippen LogP contribution in [-0.2, 0) is 26.2 Å². The van der Waals surface area contributed by atoms with E-state index < -0.39 is 28.5 Å². The van der Waals surface area contributed by atoms with E-state index in [0.717, 1.165) is 20.6 Å². The Morgan fingerprint density at radius 1 is 1.06 bits per heavy atom. The van der Waals surface area contributed by atoms with Gasteiger partial charge in [0.05, 0.1) is 22.0 Å². The highest BCUT2D eigenvalue weighted by Gasteiger charge is 2.30. The number of hydrogen-bond donors (Lipinski definition) is 1. The molecule has 0 saturated heterocycles. The average molecular weight is 640 g/mol. The summed E-state index contributed by atoms with van der Waals surface area (Å²) in [6.07, 6.45) is 1.77. The Labute approximate surface area is 225 Å². The first-order valence-corrected chi connectivity index (χ1v) is 14.3. The Kier molecular flexibility index (Phi) is 10.5. The number of rotatable bonds is 10. The van der Waals surface area contributed by atoms with Crippen LogP contribution in [0.5, 0.6) is 0 Å². The van der Waals surface area contributed by atoms with Gasteiger partial charge in [-0.25, -0.2) is 8.42 Å². The highest BCUT2D eigenvalue weighted by Crippen LogP contribution is 2.24. The number of hydrogen-bond acceptors (Lipinski definition) is 4. The molecule has 2 aromatic carbocycles. The molecule has 0 saturated carbocycles. The van der Waals surface area contributed by atoms with Crippen LogP contribution < -0.4 is 9.62 Å². The Morgan fingerprint density at radius 2 is 1.68 bits per heavy atom. The molecule has 0 fully saturated rings. The number of sulfonamides is 1. The first-order chi connectivity index (χ1) is 15.8. The summed E-state index contributed by atoms with van der Waals surface area (Å²) in [5.41, 5.74) is 1.02. The molecule has 0 bridgehead atoms. The first kappa shape index (κ1) is 28.7. The smallest absolute Gasteiger partial charge is 0.244 e. The number of nitrogens with one attached hydrogen (secondary N) is 1. The highest BCUT2D eigenvalue weighted by molar-refractivity contribution is 14.1. The molecule has 2 aromatic rings. The van der Waals surface area contributed by atoms with Gasteiger partial charge in [-0.3, -0.25) is 13.9 Å². The maximum atomic E-state index is 13.5. The summed E-state index contributed by atoms with van der Waals surface area (Å²) < 4.78 is 27.1. The van der Waals surface area contributed by atoms with Crippen molar-refractivity contribution >= 4 is 73.3 Å². The molecule has 2 amide bonds. The molecular weight excluding hydrogens is 612 g/mol. The average Bonchev–Trinajstić information content (AvgIpc) is 2.77. The van der Waals surface area contributed by atoms with Crippen molar-refractivity contribution in [3.05, 3.63) is 61.6 Å². The second-order valence-electron chi connectivity index (χ2n) is 8.01. The fourth-order valence-electron chi connectivity index (χ4n) is 3.10. The number of amides is 2. The van der Waals surface area contributed by atoms with E-state index in [4.69, 9.17) is 23.2 Å². The molecule has 186 valence electrons. The summed E-state index contributed by atoms with van der Waals surface area (Å²) in [5.74, 6) is -0.857. The minimum atomic E-state index is -3.77. The summed E-state index contributed by atoms with van der Waals surface area (Å²) in [5, 5.41) is 3.57. The Hall–Kier alpha value is -1.56. The van der Waals surface area contributed by atoms with E-state index in [9.17, 15) is 18.0 Å². The second-order valence-corrected chi connectivity index (χ2v) is 12.0. The van der Waals surface area contributed by atoms with Crippen LogP contribution in [0.15, 0.2) is 42.5 Å². The molecule has 0 radical (unpaired) electrons. The van der Waals surface area contributed by atoms with Crippen molar-refractivity contribution < 1.29 is 18.0 Å². The zero-order valence-electron chi connectivity index (χ0n) is 19.4. The molecule has 2 atom stereocenters. The quantitative estimate of drug-likeness (QED) is 0.382. The van der Waals surface area contributed by atoms with Gasteiger partial charge in [-0.15, -0.1) is 0 Å². The molecule has 34 heavy (non-hydrogen) atoms. The lowest BCUT2D eigenvalue weighted by Gasteiger charge is -2.32. The molecule has 0 aliphatic carbocycles. The first-order valence-electron chi connectivity index (χ1n) is 10.6. The van der Waals surface area contributed by atoms with Gasteiger partial charge in [-0.2, -0.15) is 0 Å². The van der Waals surface area contributed by atoms with Gasteiger partial charge < -0.3 is 10.2 Å². The van der Waals surface area contributed by atoms with Crippen LogP contribution in [0.25, 0.3) is 0 Å². The summed E-state index contributed by atoms with van der Waals surface area (Å²) >= 11 is 14.3. The predicted molar refractivity (Wildman–Crippen MR) is 146 cm³/mol. The number of anilines is 1. The topological polar surface area (TPSA) is 86.8 Å². The van der Waals surface area contributed by atoms with Crippen molar-refractivity contribution in [2.75, 3.05) is 17.1 Å². The Bertz CT molecular complexity index is 1130. The van der Waals surface area contributed by atoms with Crippen LogP contribution in [0, 0.1) is 3.57 Å². The van der Waals surface area contributed by atoms with Crippen LogP contribution in [0.2, 0.25) is 10.0 Å². The number of carbonyl (C=O) groups excluding carboxylic acids is 2. The van der Waals surface area contributed by atoms with E-state index in [2.05, 4.69) is 27.9 Å². The third-order valence-electron chi connectivity index (χ3n) is 5.30. The third-order valence-corrected chi connectivity index (χ3v) is 7.90. The minimum Gasteiger partial charge on any atom is -0.352 e. The molecule has 1 N–H and O–H groups in total. The molecule has 7 nitrogen and oxygen atoms in total. The molecule has 11 heteroatoms. The van der Waals surface area contributed by atoms with Gasteiger partial charge in [0.25, 0.3) is 0 Å². The number of nitrogens with zero attached hydrogens (tertiary/aromatic N) is 2. The van der Waals surface area contributed by atoms with Gasteiger partial charge in [-0.05, 0) is 84.8 Å². The summed E-state index contributed by atoms with van der Waals surface area (Å²) in [6, 6.07) is 10.8. The predicted octanol–water partition coefficient (Wildman–Crippen LogP) is 4.70. The highest BCUT2D eigenvalue weighted by atomic mass is 127. The Balaban J connectivity index is 2.40. The van der Waals surface area contributed by atoms with Gasteiger partial charge in [0.15, 0.2) is 0 Å². The monoisotopic (exact) mass is 639 g/mol. The van der Waals surface area contributed by atoms with Crippen LogP contribution in [0.3, 0.4) is 0 Å². The molecule has 0 unspecified atom stereocenters. The van der Waals surface area contributed by atoms with Gasteiger partial charge >= 0.3 is 0 Å².